The molecule has 0 aliphatic heterocycles. The summed E-state index contributed by atoms with van der Waals surface area (Å²) < 4.78 is 0. The number of hydrogen-bond acceptors (Lipinski definition) is 1. The van der Waals surface area contributed by atoms with Crippen LogP contribution in [0.2, 0.25) is 0 Å². The van der Waals surface area contributed by atoms with Gasteiger partial charge in [-0.25, -0.2) is 0 Å². The van der Waals surface area contributed by atoms with Crippen molar-refractivity contribution in [1.29, 1.82) is 0 Å². The average Bonchev–Trinajstić information content (AvgIpc) is 2.22. The van der Waals surface area contributed by atoms with Gasteiger partial charge in [-0.1, -0.05) is 44.4 Å². The highest BCUT2D eigenvalue weighted by atomic mass is 16.3. The fourth-order valence-corrected chi connectivity index (χ4v) is 1.67. The molecule has 0 saturated heterocycles. The summed E-state index contributed by atoms with van der Waals surface area (Å²) in [6.07, 6.45) is 4.77. The van der Waals surface area contributed by atoms with Crippen molar-refractivity contribution in [3.63, 3.8) is 0 Å². The monoisotopic (exact) mass is 205 g/mol. The van der Waals surface area contributed by atoms with E-state index in [1.165, 1.54) is 6.42 Å². The first-order valence-electron chi connectivity index (χ1n) is 5.69. The van der Waals surface area contributed by atoms with Crippen LogP contribution in [-0.4, -0.2) is 11.1 Å². The molecule has 0 spiro atoms. The number of phenols is 1. The Balaban J connectivity index is 2.37. The number of benzene rings is 1. The Morgan fingerprint density at radius 1 is 1.27 bits per heavy atom. The summed E-state index contributed by atoms with van der Waals surface area (Å²) in [6.45, 7) is 2.15. The van der Waals surface area contributed by atoms with E-state index in [9.17, 15) is 10.8 Å². The van der Waals surface area contributed by atoms with E-state index in [1.54, 1.807) is 12.1 Å². The standard InChI is InChI=1S/C13H19NO/c1-2-3-4-8-12(14)10-11-7-5-6-9-13(11)15/h5-7,9,12,15H,2-4,8,10H2,1H3. The molecule has 1 aromatic carbocycles. The molecule has 0 aliphatic carbocycles. The molecule has 82 valence electrons. The van der Waals surface area contributed by atoms with Gasteiger partial charge >= 0.3 is 0 Å². The van der Waals surface area contributed by atoms with Crippen LogP contribution in [0, 0.1) is 0 Å². The van der Waals surface area contributed by atoms with Crippen LogP contribution < -0.4 is 5.73 Å². The van der Waals surface area contributed by atoms with Crippen molar-refractivity contribution >= 4 is 0 Å². The minimum atomic E-state index is -0.329. The molecule has 2 nitrogen and oxygen atoms in total. The van der Waals surface area contributed by atoms with E-state index in [4.69, 9.17) is 0 Å². The zero-order chi connectivity index (χ0) is 11.1. The van der Waals surface area contributed by atoms with Crippen LogP contribution in [0.25, 0.3) is 0 Å². The van der Waals surface area contributed by atoms with Gasteiger partial charge in [0, 0.05) is 6.04 Å². The van der Waals surface area contributed by atoms with Crippen LogP contribution in [0.3, 0.4) is 0 Å². The van der Waals surface area contributed by atoms with Gasteiger partial charge in [0.25, 0.3) is 0 Å². The van der Waals surface area contributed by atoms with Crippen LogP contribution in [0.5, 0.6) is 5.75 Å². The second kappa shape index (κ2) is 6.46. The fraction of sp³-hybridized carbons (Fsp3) is 0.538. The largest absolute Gasteiger partial charge is 0.508 e. The topological polar surface area (TPSA) is 42.5 Å². The molecule has 0 saturated carbocycles. The third-order valence-corrected chi connectivity index (χ3v) is 2.59. The van der Waals surface area contributed by atoms with E-state index < -0.39 is 0 Å². The third-order valence-electron chi connectivity index (χ3n) is 2.59. The normalized spacial score (nSPS) is 12.7. The third kappa shape index (κ3) is 4.34. The lowest BCUT2D eigenvalue weighted by Crippen LogP contribution is -2.12. The number of unbranched alkanes of at least 4 members (excludes halogenated alkanes) is 2. The van der Waals surface area contributed by atoms with Gasteiger partial charge < -0.3 is 5.11 Å². The van der Waals surface area contributed by atoms with Crippen molar-refractivity contribution in [2.75, 3.05) is 0 Å². The Bertz CT molecular complexity index is 286. The van der Waals surface area contributed by atoms with Gasteiger partial charge in [0.2, 0.25) is 0 Å². The highest BCUT2D eigenvalue weighted by Gasteiger charge is 2.08. The lowest BCUT2D eigenvalue weighted by molar-refractivity contribution is 0.460. The molecule has 2 radical (unpaired) electrons. The Hall–Kier alpha value is -1.02. The van der Waals surface area contributed by atoms with E-state index in [0.717, 1.165) is 24.8 Å². The first-order chi connectivity index (χ1) is 7.24. The molecule has 1 unspecified atom stereocenters. The van der Waals surface area contributed by atoms with E-state index in [0.29, 0.717) is 6.42 Å². The summed E-state index contributed by atoms with van der Waals surface area (Å²) in [6, 6.07) is 6.87. The number of nitrogens with zero attached hydrogens (tertiary/aromatic N) is 1. The van der Waals surface area contributed by atoms with E-state index in [-0.39, 0.29) is 11.8 Å². The van der Waals surface area contributed by atoms with Crippen molar-refractivity contribution in [2.45, 2.75) is 45.1 Å². The van der Waals surface area contributed by atoms with Gasteiger partial charge in [-0.2, -0.15) is 0 Å². The Morgan fingerprint density at radius 2 is 2.00 bits per heavy atom. The minimum absolute atomic E-state index is 0.284. The molecule has 0 aromatic heterocycles. The van der Waals surface area contributed by atoms with E-state index in [2.05, 4.69) is 6.92 Å². The van der Waals surface area contributed by atoms with Gasteiger partial charge in [-0.15, -0.1) is 5.73 Å². The number of hydrogen-bond donors (Lipinski definition) is 1. The van der Waals surface area contributed by atoms with E-state index in [1.807, 2.05) is 12.1 Å². The molecule has 1 aromatic rings. The first-order valence-corrected chi connectivity index (χ1v) is 5.69. The summed E-state index contributed by atoms with van der Waals surface area (Å²) in [5, 5.41) is 9.52. The molecule has 1 atom stereocenters. The van der Waals surface area contributed by atoms with Crippen molar-refractivity contribution in [2.24, 2.45) is 0 Å². The Kier molecular flexibility index (Phi) is 5.19. The number of aromatic hydroxyl groups is 1. The van der Waals surface area contributed by atoms with Crippen molar-refractivity contribution in [3.05, 3.63) is 29.8 Å². The molecule has 2 heteroatoms. The molecule has 15 heavy (non-hydrogen) atoms. The van der Waals surface area contributed by atoms with Crippen LogP contribution >= 0.6 is 0 Å². The number of rotatable bonds is 6. The first kappa shape index (κ1) is 12.1. The predicted molar refractivity (Wildman–Crippen MR) is 61.9 cm³/mol. The van der Waals surface area contributed by atoms with Crippen molar-refractivity contribution in [3.8, 4) is 5.75 Å². The lowest BCUT2D eigenvalue weighted by Gasteiger charge is -2.09. The Morgan fingerprint density at radius 3 is 2.67 bits per heavy atom. The summed E-state index contributed by atoms with van der Waals surface area (Å²) in [5.41, 5.74) is 10.6. The SMILES string of the molecule is CCCCCC([N])Cc1ccccc1O. The second-order valence-corrected chi connectivity index (χ2v) is 3.98. The molecule has 0 bridgehead atoms. The second-order valence-electron chi connectivity index (χ2n) is 3.98. The molecular weight excluding hydrogens is 186 g/mol. The molecule has 0 fully saturated rings. The van der Waals surface area contributed by atoms with Crippen molar-refractivity contribution in [1.82, 2.24) is 5.73 Å². The van der Waals surface area contributed by atoms with E-state index >= 15 is 0 Å². The highest BCUT2D eigenvalue weighted by Crippen LogP contribution is 2.18. The molecule has 0 aliphatic rings. The van der Waals surface area contributed by atoms with Crippen LogP contribution in [-0.2, 0) is 6.42 Å². The molecular formula is C13H19NO. The van der Waals surface area contributed by atoms with Crippen LogP contribution in [0.1, 0.15) is 38.2 Å². The van der Waals surface area contributed by atoms with Gasteiger partial charge in [0.15, 0.2) is 0 Å². The van der Waals surface area contributed by atoms with Crippen LogP contribution in [0.4, 0.5) is 0 Å². The lowest BCUT2D eigenvalue weighted by atomic mass is 10.0. The maximum Gasteiger partial charge on any atom is 0.118 e. The van der Waals surface area contributed by atoms with Gasteiger partial charge in [0.05, 0.1) is 0 Å². The molecule has 1 N–H and O–H groups in total. The summed E-state index contributed by atoms with van der Waals surface area (Å²) in [7, 11) is 0. The smallest absolute Gasteiger partial charge is 0.118 e. The average molecular weight is 205 g/mol. The zero-order valence-electron chi connectivity index (χ0n) is 9.32. The van der Waals surface area contributed by atoms with Gasteiger partial charge in [-0.05, 0) is 24.5 Å². The maximum absolute atomic E-state index is 9.74. The predicted octanol–water partition coefficient (Wildman–Crippen LogP) is 2.95. The quantitative estimate of drug-likeness (QED) is 0.713. The summed E-state index contributed by atoms with van der Waals surface area (Å²) in [5.74, 6) is 0.284. The number of phenolic OH excluding ortho intramolecular Hbond substituents is 1. The molecule has 1 rings (SSSR count). The van der Waals surface area contributed by atoms with Gasteiger partial charge in [-0.3, -0.25) is 0 Å². The fourth-order valence-electron chi connectivity index (χ4n) is 1.67. The van der Waals surface area contributed by atoms with Crippen molar-refractivity contribution < 1.29 is 5.11 Å². The number of para-hydroxylation sites is 1. The van der Waals surface area contributed by atoms with Gasteiger partial charge in [0.1, 0.15) is 5.75 Å². The minimum Gasteiger partial charge on any atom is -0.508 e. The summed E-state index contributed by atoms with van der Waals surface area (Å²) in [4.78, 5) is 0. The highest BCUT2D eigenvalue weighted by molar-refractivity contribution is 5.32. The maximum atomic E-state index is 9.74. The summed E-state index contributed by atoms with van der Waals surface area (Å²) >= 11 is 0. The zero-order valence-corrected chi connectivity index (χ0v) is 9.32. The molecule has 0 amide bonds. The van der Waals surface area contributed by atoms with Crippen LogP contribution in [0.15, 0.2) is 24.3 Å². The Labute approximate surface area is 92.1 Å². The molecule has 0 heterocycles.